The molecule has 3 rings (SSSR count). The summed E-state index contributed by atoms with van der Waals surface area (Å²) in [7, 11) is 0. The Morgan fingerprint density at radius 2 is 2.10 bits per heavy atom. The van der Waals surface area contributed by atoms with Crippen molar-refractivity contribution in [3.63, 3.8) is 0 Å². The molecule has 0 fully saturated rings. The molecule has 1 aromatic heterocycles. The molecule has 1 aliphatic rings. The number of benzene rings is 1. The zero-order chi connectivity index (χ0) is 13.8. The highest BCUT2D eigenvalue weighted by Gasteiger charge is 2.15. The molecule has 0 atom stereocenters. The highest BCUT2D eigenvalue weighted by Crippen LogP contribution is 2.25. The van der Waals surface area contributed by atoms with E-state index in [4.69, 9.17) is 10.5 Å². The second kappa shape index (κ2) is 5.92. The molecule has 0 aliphatic carbocycles. The van der Waals surface area contributed by atoms with E-state index >= 15 is 0 Å². The standard InChI is InChI=1S/C16H19N3O/c17-8-7-13-5-6-16(18-11-13)19-9-10-20-15-4-2-1-3-14(15)12-19/h1-6,11H,7-10,12,17H2. The van der Waals surface area contributed by atoms with Crippen molar-refractivity contribution in [3.8, 4) is 5.75 Å². The summed E-state index contributed by atoms with van der Waals surface area (Å²) in [5.74, 6) is 1.97. The molecule has 4 heteroatoms. The lowest BCUT2D eigenvalue weighted by Crippen LogP contribution is -2.26. The molecule has 1 aromatic carbocycles. The van der Waals surface area contributed by atoms with E-state index in [-0.39, 0.29) is 0 Å². The van der Waals surface area contributed by atoms with Crippen LogP contribution < -0.4 is 15.4 Å². The lowest BCUT2D eigenvalue weighted by molar-refractivity contribution is 0.331. The Kier molecular flexibility index (Phi) is 3.83. The van der Waals surface area contributed by atoms with E-state index in [1.165, 1.54) is 11.1 Å². The van der Waals surface area contributed by atoms with Gasteiger partial charge >= 0.3 is 0 Å². The van der Waals surface area contributed by atoms with Gasteiger partial charge in [0.15, 0.2) is 0 Å². The van der Waals surface area contributed by atoms with Crippen LogP contribution in [0, 0.1) is 0 Å². The zero-order valence-electron chi connectivity index (χ0n) is 11.5. The number of aromatic nitrogens is 1. The molecule has 104 valence electrons. The van der Waals surface area contributed by atoms with Crippen LogP contribution in [-0.2, 0) is 13.0 Å². The first-order valence-corrected chi connectivity index (χ1v) is 6.97. The van der Waals surface area contributed by atoms with Gasteiger partial charge in [0.05, 0.1) is 6.54 Å². The first-order valence-electron chi connectivity index (χ1n) is 6.97. The number of ether oxygens (including phenoxy) is 1. The minimum atomic E-state index is 0.659. The van der Waals surface area contributed by atoms with Crippen molar-refractivity contribution in [2.24, 2.45) is 5.73 Å². The van der Waals surface area contributed by atoms with Crippen LogP contribution in [0.3, 0.4) is 0 Å². The van der Waals surface area contributed by atoms with Gasteiger partial charge < -0.3 is 15.4 Å². The van der Waals surface area contributed by atoms with Crippen LogP contribution in [0.15, 0.2) is 42.6 Å². The van der Waals surface area contributed by atoms with Crippen LogP contribution in [0.5, 0.6) is 5.75 Å². The zero-order valence-corrected chi connectivity index (χ0v) is 11.5. The number of rotatable bonds is 3. The third-order valence-corrected chi connectivity index (χ3v) is 3.52. The fourth-order valence-corrected chi connectivity index (χ4v) is 2.44. The van der Waals surface area contributed by atoms with Crippen LogP contribution in [0.1, 0.15) is 11.1 Å². The minimum Gasteiger partial charge on any atom is -0.491 e. The number of hydrogen-bond donors (Lipinski definition) is 1. The van der Waals surface area contributed by atoms with Gasteiger partial charge in [0, 0.05) is 18.3 Å². The summed E-state index contributed by atoms with van der Waals surface area (Å²) in [5.41, 5.74) is 7.95. The summed E-state index contributed by atoms with van der Waals surface area (Å²) in [6, 6.07) is 12.4. The summed E-state index contributed by atoms with van der Waals surface area (Å²) in [6.07, 6.45) is 2.79. The second-order valence-corrected chi connectivity index (χ2v) is 4.94. The number of pyridine rings is 1. The normalized spacial score (nSPS) is 14.3. The van der Waals surface area contributed by atoms with Crippen LogP contribution in [-0.4, -0.2) is 24.7 Å². The minimum absolute atomic E-state index is 0.659. The fraction of sp³-hybridized carbons (Fsp3) is 0.312. The van der Waals surface area contributed by atoms with Gasteiger partial charge in [0.25, 0.3) is 0 Å². The Morgan fingerprint density at radius 3 is 2.90 bits per heavy atom. The van der Waals surface area contributed by atoms with Gasteiger partial charge in [-0.1, -0.05) is 24.3 Å². The predicted molar refractivity (Wildman–Crippen MR) is 80.0 cm³/mol. The lowest BCUT2D eigenvalue weighted by atomic mass is 10.2. The van der Waals surface area contributed by atoms with Crippen LogP contribution >= 0.6 is 0 Å². The molecule has 4 nitrogen and oxygen atoms in total. The Labute approximate surface area is 119 Å². The Morgan fingerprint density at radius 1 is 1.20 bits per heavy atom. The molecule has 2 N–H and O–H groups in total. The Balaban J connectivity index is 1.80. The number of fused-ring (bicyclic) bond motifs is 1. The number of para-hydroxylation sites is 1. The molecule has 0 unspecified atom stereocenters. The van der Waals surface area contributed by atoms with E-state index in [1.807, 2.05) is 24.4 Å². The number of hydrogen-bond acceptors (Lipinski definition) is 4. The molecule has 2 heterocycles. The van der Waals surface area contributed by atoms with Crippen molar-refractivity contribution in [1.29, 1.82) is 0 Å². The second-order valence-electron chi connectivity index (χ2n) is 4.94. The molecule has 0 radical (unpaired) electrons. The summed E-state index contributed by atoms with van der Waals surface area (Å²) in [4.78, 5) is 6.80. The monoisotopic (exact) mass is 269 g/mol. The highest BCUT2D eigenvalue weighted by atomic mass is 16.5. The topological polar surface area (TPSA) is 51.4 Å². The van der Waals surface area contributed by atoms with E-state index in [2.05, 4.69) is 28.1 Å². The summed E-state index contributed by atoms with van der Waals surface area (Å²) in [5, 5.41) is 0. The average molecular weight is 269 g/mol. The largest absolute Gasteiger partial charge is 0.491 e. The van der Waals surface area contributed by atoms with Crippen molar-refractivity contribution < 1.29 is 4.74 Å². The summed E-state index contributed by atoms with van der Waals surface area (Å²) < 4.78 is 5.78. The van der Waals surface area contributed by atoms with E-state index < -0.39 is 0 Å². The summed E-state index contributed by atoms with van der Waals surface area (Å²) >= 11 is 0. The first-order chi connectivity index (χ1) is 9.86. The molecule has 0 saturated carbocycles. The van der Waals surface area contributed by atoms with Gasteiger partial charge in [-0.15, -0.1) is 0 Å². The lowest BCUT2D eigenvalue weighted by Gasteiger charge is -2.21. The molecule has 0 amide bonds. The van der Waals surface area contributed by atoms with Gasteiger partial charge in [-0.25, -0.2) is 4.98 Å². The maximum Gasteiger partial charge on any atom is 0.128 e. The Bertz CT molecular complexity index is 568. The van der Waals surface area contributed by atoms with Crippen LogP contribution in [0.4, 0.5) is 5.82 Å². The Hall–Kier alpha value is -2.07. The van der Waals surface area contributed by atoms with Gasteiger partial charge in [-0.2, -0.15) is 0 Å². The predicted octanol–water partition coefficient (Wildman–Crippen LogP) is 1.98. The maximum absolute atomic E-state index is 5.78. The number of anilines is 1. The molecule has 0 bridgehead atoms. The van der Waals surface area contributed by atoms with Crippen LogP contribution in [0.2, 0.25) is 0 Å². The van der Waals surface area contributed by atoms with Crippen molar-refractivity contribution in [1.82, 2.24) is 4.98 Å². The van der Waals surface area contributed by atoms with Gasteiger partial charge in [0.2, 0.25) is 0 Å². The third kappa shape index (κ3) is 2.75. The average Bonchev–Trinajstić information content (AvgIpc) is 2.70. The number of nitrogens with zero attached hydrogens (tertiary/aromatic N) is 2. The number of nitrogens with two attached hydrogens (primary N) is 1. The van der Waals surface area contributed by atoms with Crippen molar-refractivity contribution >= 4 is 5.82 Å². The molecule has 1 aliphatic heterocycles. The molecule has 0 saturated heterocycles. The molecule has 2 aromatic rings. The smallest absolute Gasteiger partial charge is 0.128 e. The third-order valence-electron chi connectivity index (χ3n) is 3.52. The van der Waals surface area contributed by atoms with Gasteiger partial charge in [-0.3, -0.25) is 0 Å². The van der Waals surface area contributed by atoms with Crippen molar-refractivity contribution in [2.75, 3.05) is 24.6 Å². The van der Waals surface area contributed by atoms with Crippen LogP contribution in [0.25, 0.3) is 0 Å². The van der Waals surface area contributed by atoms with E-state index in [1.54, 1.807) is 0 Å². The SMILES string of the molecule is NCCc1ccc(N2CCOc3ccccc3C2)nc1. The quantitative estimate of drug-likeness (QED) is 0.925. The highest BCUT2D eigenvalue weighted by molar-refractivity contribution is 5.44. The maximum atomic E-state index is 5.78. The molecular formula is C16H19N3O. The van der Waals surface area contributed by atoms with Crippen molar-refractivity contribution in [3.05, 3.63) is 53.7 Å². The molecule has 0 spiro atoms. The first kappa shape index (κ1) is 12.9. The molecular weight excluding hydrogens is 250 g/mol. The van der Waals surface area contributed by atoms with E-state index in [0.717, 1.165) is 31.1 Å². The van der Waals surface area contributed by atoms with E-state index in [9.17, 15) is 0 Å². The summed E-state index contributed by atoms with van der Waals surface area (Å²) in [6.45, 7) is 3.02. The van der Waals surface area contributed by atoms with Gasteiger partial charge in [-0.05, 0) is 30.7 Å². The molecule has 20 heavy (non-hydrogen) atoms. The van der Waals surface area contributed by atoms with Gasteiger partial charge in [0.1, 0.15) is 18.2 Å². The van der Waals surface area contributed by atoms with E-state index in [0.29, 0.717) is 13.2 Å². The fourth-order valence-electron chi connectivity index (χ4n) is 2.44. The van der Waals surface area contributed by atoms with Crippen molar-refractivity contribution in [2.45, 2.75) is 13.0 Å².